The van der Waals surface area contributed by atoms with Gasteiger partial charge in [-0.1, -0.05) is 5.11 Å². The highest BCUT2D eigenvalue weighted by atomic mass is 19.4. The zero-order valence-corrected chi connectivity index (χ0v) is 7.19. The largest absolute Gasteiger partial charge is 0.422 e. The van der Waals surface area contributed by atoms with E-state index in [1.165, 1.54) is 0 Å². The highest BCUT2D eigenvalue weighted by molar-refractivity contribution is 5.43. The van der Waals surface area contributed by atoms with E-state index in [1.807, 2.05) is 4.91 Å². The van der Waals surface area contributed by atoms with Crippen LogP contribution in [0.25, 0.3) is 10.4 Å². The van der Waals surface area contributed by atoms with Gasteiger partial charge in [-0.2, -0.15) is 13.2 Å². The number of hydrogen-bond donors (Lipinski definition) is 0. The van der Waals surface area contributed by atoms with Crippen molar-refractivity contribution in [3.8, 4) is 0 Å². The van der Waals surface area contributed by atoms with Crippen LogP contribution in [0.5, 0.6) is 0 Å². The average Bonchev–Trinajstić information content (AvgIpc) is 2.12. The molecule has 16 heavy (non-hydrogen) atoms. The third-order valence-electron chi connectivity index (χ3n) is 1.58. The molecule has 0 spiro atoms. The van der Waals surface area contributed by atoms with E-state index >= 15 is 0 Å². The number of rotatable bonds is 1. The molecular formula is C7HF6N3. The fraction of sp³-hybridized carbons (Fsp3) is 0.143. The van der Waals surface area contributed by atoms with Gasteiger partial charge in [-0.3, -0.25) is 0 Å². The number of alkyl halides is 3. The monoisotopic (exact) mass is 241 g/mol. The van der Waals surface area contributed by atoms with E-state index < -0.39 is 34.9 Å². The van der Waals surface area contributed by atoms with Crippen molar-refractivity contribution in [2.24, 2.45) is 5.11 Å². The Labute approximate surface area is 83.9 Å². The maximum atomic E-state index is 12.9. The van der Waals surface area contributed by atoms with Crippen molar-refractivity contribution in [1.82, 2.24) is 0 Å². The summed E-state index contributed by atoms with van der Waals surface area (Å²) in [7, 11) is 0. The van der Waals surface area contributed by atoms with Gasteiger partial charge in [0.25, 0.3) is 0 Å². The SMILES string of the molecule is [N-]=[N+]=Nc1cc(F)c(C(F)(F)F)c(F)c1F. The Hall–Kier alpha value is -1.89. The minimum absolute atomic E-state index is 0.0268. The van der Waals surface area contributed by atoms with Crippen LogP contribution >= 0.6 is 0 Å². The van der Waals surface area contributed by atoms with E-state index in [2.05, 4.69) is 5.11 Å². The van der Waals surface area contributed by atoms with Gasteiger partial charge < -0.3 is 0 Å². The molecule has 86 valence electrons. The summed E-state index contributed by atoms with van der Waals surface area (Å²) < 4.78 is 74.6. The molecule has 1 aromatic carbocycles. The van der Waals surface area contributed by atoms with Crippen molar-refractivity contribution in [2.45, 2.75) is 6.18 Å². The second kappa shape index (κ2) is 3.93. The van der Waals surface area contributed by atoms with E-state index in [4.69, 9.17) is 5.53 Å². The van der Waals surface area contributed by atoms with Gasteiger partial charge in [0.15, 0.2) is 11.6 Å². The molecule has 0 saturated carbocycles. The topological polar surface area (TPSA) is 48.8 Å². The van der Waals surface area contributed by atoms with Gasteiger partial charge in [0.2, 0.25) is 0 Å². The molecule has 0 aliphatic carbocycles. The van der Waals surface area contributed by atoms with Gasteiger partial charge >= 0.3 is 6.18 Å². The van der Waals surface area contributed by atoms with E-state index in [0.717, 1.165) is 0 Å². The number of benzene rings is 1. The van der Waals surface area contributed by atoms with E-state index in [1.54, 1.807) is 0 Å². The molecule has 0 unspecified atom stereocenters. The summed E-state index contributed by atoms with van der Waals surface area (Å²) in [5.74, 6) is -6.53. The van der Waals surface area contributed by atoms with Gasteiger partial charge in [-0.15, -0.1) is 0 Å². The van der Waals surface area contributed by atoms with E-state index in [0.29, 0.717) is 0 Å². The van der Waals surface area contributed by atoms with Crippen LogP contribution in [0.4, 0.5) is 32.0 Å². The first kappa shape index (κ1) is 12.2. The van der Waals surface area contributed by atoms with Crippen LogP contribution in [0, 0.1) is 17.5 Å². The van der Waals surface area contributed by atoms with E-state index in [9.17, 15) is 26.3 Å². The summed E-state index contributed by atoms with van der Waals surface area (Å²) in [6.45, 7) is 0. The molecule has 1 aromatic rings. The van der Waals surface area contributed by atoms with Crippen LogP contribution < -0.4 is 0 Å². The fourth-order valence-corrected chi connectivity index (χ4v) is 0.963. The molecule has 0 aliphatic heterocycles. The molecular weight excluding hydrogens is 240 g/mol. The second-order valence-corrected chi connectivity index (χ2v) is 2.57. The molecule has 0 aromatic heterocycles. The van der Waals surface area contributed by atoms with Crippen LogP contribution in [0.2, 0.25) is 0 Å². The fourth-order valence-electron chi connectivity index (χ4n) is 0.963. The predicted octanol–water partition coefficient (Wildman–Crippen LogP) is 4.06. The Bertz CT molecular complexity index is 474. The van der Waals surface area contributed by atoms with Gasteiger partial charge in [0.1, 0.15) is 11.4 Å². The molecule has 0 amide bonds. The molecule has 0 aliphatic rings. The molecule has 1 rings (SSSR count). The third-order valence-corrected chi connectivity index (χ3v) is 1.58. The molecule has 0 bridgehead atoms. The molecule has 9 heteroatoms. The highest BCUT2D eigenvalue weighted by Crippen LogP contribution is 2.37. The Kier molecular flexibility index (Phi) is 2.99. The zero-order chi connectivity index (χ0) is 12.5. The van der Waals surface area contributed by atoms with Crippen LogP contribution in [0.15, 0.2) is 11.2 Å². The lowest BCUT2D eigenvalue weighted by molar-refractivity contribution is -0.142. The Balaban J connectivity index is 3.58. The lowest BCUT2D eigenvalue weighted by Gasteiger charge is -2.10. The lowest BCUT2D eigenvalue weighted by atomic mass is 10.1. The highest BCUT2D eigenvalue weighted by Gasteiger charge is 2.39. The van der Waals surface area contributed by atoms with Gasteiger partial charge in [0, 0.05) is 4.91 Å². The number of halogens is 6. The molecule has 0 saturated heterocycles. The van der Waals surface area contributed by atoms with Crippen molar-refractivity contribution in [3.05, 3.63) is 39.5 Å². The molecule has 0 heterocycles. The van der Waals surface area contributed by atoms with Gasteiger partial charge in [-0.05, 0) is 11.6 Å². The molecule has 3 nitrogen and oxygen atoms in total. The maximum Gasteiger partial charge on any atom is 0.422 e. The van der Waals surface area contributed by atoms with Crippen molar-refractivity contribution in [3.63, 3.8) is 0 Å². The molecule has 0 radical (unpaired) electrons. The van der Waals surface area contributed by atoms with Crippen LogP contribution in [0.1, 0.15) is 5.56 Å². The standard InChI is InChI=1S/C7HF6N3/c8-2-1-3(15-16-14)5(9)6(10)4(2)7(11,12)13/h1H. The summed E-state index contributed by atoms with van der Waals surface area (Å²) in [5.41, 5.74) is 4.34. The van der Waals surface area contributed by atoms with Gasteiger partial charge in [-0.25, -0.2) is 13.2 Å². The number of nitrogens with zero attached hydrogens (tertiary/aromatic N) is 3. The van der Waals surface area contributed by atoms with Crippen LogP contribution in [-0.4, -0.2) is 0 Å². The first-order valence-corrected chi connectivity index (χ1v) is 3.58. The Morgan fingerprint density at radius 3 is 2.12 bits per heavy atom. The average molecular weight is 241 g/mol. The number of azide groups is 1. The van der Waals surface area contributed by atoms with Crippen molar-refractivity contribution in [1.29, 1.82) is 0 Å². The molecule has 0 N–H and O–H groups in total. The third kappa shape index (κ3) is 2.03. The summed E-state index contributed by atoms with van der Waals surface area (Å²) in [6, 6.07) is -0.0268. The molecule has 0 fully saturated rings. The smallest absolute Gasteiger partial charge is 0.206 e. The predicted molar refractivity (Wildman–Crippen MR) is 40.1 cm³/mol. The molecule has 0 atom stereocenters. The first-order valence-electron chi connectivity index (χ1n) is 3.58. The van der Waals surface area contributed by atoms with Crippen molar-refractivity contribution >= 4 is 5.69 Å². The van der Waals surface area contributed by atoms with Crippen LogP contribution in [0.3, 0.4) is 0 Å². The quantitative estimate of drug-likeness (QED) is 0.234. The minimum Gasteiger partial charge on any atom is -0.206 e. The van der Waals surface area contributed by atoms with Crippen LogP contribution in [-0.2, 0) is 6.18 Å². The second-order valence-electron chi connectivity index (χ2n) is 2.57. The zero-order valence-electron chi connectivity index (χ0n) is 7.19. The number of hydrogen-bond acceptors (Lipinski definition) is 1. The van der Waals surface area contributed by atoms with Gasteiger partial charge in [0.05, 0.1) is 5.69 Å². The Morgan fingerprint density at radius 2 is 1.69 bits per heavy atom. The Morgan fingerprint density at radius 1 is 1.12 bits per heavy atom. The summed E-state index contributed by atoms with van der Waals surface area (Å²) >= 11 is 0. The summed E-state index contributed by atoms with van der Waals surface area (Å²) in [4.78, 5) is 2.01. The van der Waals surface area contributed by atoms with Crippen molar-refractivity contribution in [2.75, 3.05) is 0 Å². The summed E-state index contributed by atoms with van der Waals surface area (Å²) in [6.07, 6.45) is -5.37. The maximum absolute atomic E-state index is 12.9. The lowest BCUT2D eigenvalue weighted by Crippen LogP contribution is -2.12. The minimum atomic E-state index is -5.37. The van der Waals surface area contributed by atoms with E-state index in [-0.39, 0.29) is 6.07 Å². The summed E-state index contributed by atoms with van der Waals surface area (Å²) in [5, 5.41) is 2.51. The normalized spacial score (nSPS) is 11.1. The first-order chi connectivity index (χ1) is 7.29. The van der Waals surface area contributed by atoms with Crippen molar-refractivity contribution < 1.29 is 26.3 Å².